The molecule has 108 valence electrons. The van der Waals surface area contributed by atoms with Crippen molar-refractivity contribution < 1.29 is 24.9 Å². The van der Waals surface area contributed by atoms with Crippen LogP contribution in [-0.4, -0.2) is 33.4 Å². The first kappa shape index (κ1) is 17.4. The van der Waals surface area contributed by atoms with E-state index < -0.39 is 18.0 Å². The fraction of sp³-hybridized carbons (Fsp3) is 0.571. The van der Waals surface area contributed by atoms with Crippen molar-refractivity contribution in [2.75, 3.05) is 0 Å². The molecule has 0 saturated heterocycles. The highest BCUT2D eigenvalue weighted by Gasteiger charge is 2.15. The largest absolute Gasteiger partial charge is 0.481 e. The number of carboxylic acids is 2. The number of rotatable bonds is 9. The highest BCUT2D eigenvalue weighted by molar-refractivity contribution is 5.68. The van der Waals surface area contributed by atoms with Gasteiger partial charge >= 0.3 is 11.9 Å². The molecule has 5 heteroatoms. The minimum atomic E-state index is -1.00. The summed E-state index contributed by atoms with van der Waals surface area (Å²) in [6.07, 6.45) is 5.64. The SMILES string of the molecule is CC(=CCC(=O)O)CC=CCC(C)C(O)CC(=O)O. The number of carbonyl (C=O) groups is 2. The van der Waals surface area contributed by atoms with Crippen molar-refractivity contribution in [3.05, 3.63) is 23.8 Å². The van der Waals surface area contributed by atoms with Gasteiger partial charge in [-0.25, -0.2) is 0 Å². The highest BCUT2D eigenvalue weighted by Crippen LogP contribution is 2.13. The van der Waals surface area contributed by atoms with Crippen molar-refractivity contribution in [3.63, 3.8) is 0 Å². The monoisotopic (exact) mass is 270 g/mol. The molecule has 0 radical (unpaired) electrons. The molecule has 3 N–H and O–H groups in total. The van der Waals surface area contributed by atoms with E-state index in [1.807, 2.05) is 19.1 Å². The fourth-order valence-corrected chi connectivity index (χ4v) is 1.46. The van der Waals surface area contributed by atoms with Gasteiger partial charge in [0.1, 0.15) is 0 Å². The van der Waals surface area contributed by atoms with Gasteiger partial charge in [0.05, 0.1) is 18.9 Å². The molecule has 0 aromatic heterocycles. The van der Waals surface area contributed by atoms with Gasteiger partial charge < -0.3 is 15.3 Å². The quantitative estimate of drug-likeness (QED) is 0.558. The topological polar surface area (TPSA) is 94.8 Å². The van der Waals surface area contributed by atoms with Crippen molar-refractivity contribution >= 4 is 11.9 Å². The second-order valence-electron chi connectivity index (χ2n) is 4.70. The van der Waals surface area contributed by atoms with Crippen LogP contribution in [0, 0.1) is 5.92 Å². The molecule has 0 aliphatic rings. The van der Waals surface area contributed by atoms with Crippen LogP contribution in [0.2, 0.25) is 0 Å². The Labute approximate surface area is 113 Å². The Bertz CT molecular complexity index is 357. The van der Waals surface area contributed by atoms with Crippen molar-refractivity contribution in [1.82, 2.24) is 0 Å². The molecule has 0 bridgehead atoms. The summed E-state index contributed by atoms with van der Waals surface area (Å²) in [5, 5.41) is 26.6. The van der Waals surface area contributed by atoms with E-state index in [9.17, 15) is 14.7 Å². The maximum absolute atomic E-state index is 10.4. The minimum Gasteiger partial charge on any atom is -0.481 e. The maximum atomic E-state index is 10.4. The number of aliphatic carboxylic acids is 2. The van der Waals surface area contributed by atoms with Crippen molar-refractivity contribution in [1.29, 1.82) is 0 Å². The summed E-state index contributed by atoms with van der Waals surface area (Å²) in [5.74, 6) is -1.97. The van der Waals surface area contributed by atoms with Gasteiger partial charge in [0.2, 0.25) is 0 Å². The summed E-state index contributed by atoms with van der Waals surface area (Å²) < 4.78 is 0. The number of allylic oxidation sites excluding steroid dienone is 3. The lowest BCUT2D eigenvalue weighted by molar-refractivity contribution is -0.140. The smallest absolute Gasteiger partial charge is 0.307 e. The molecule has 19 heavy (non-hydrogen) atoms. The van der Waals surface area contributed by atoms with Gasteiger partial charge in [0.25, 0.3) is 0 Å². The van der Waals surface area contributed by atoms with Crippen LogP contribution in [0.15, 0.2) is 23.8 Å². The van der Waals surface area contributed by atoms with Crippen molar-refractivity contribution in [2.24, 2.45) is 5.92 Å². The molecule has 2 atom stereocenters. The number of carboxylic acid groups (broad SMARTS) is 2. The third-order valence-electron chi connectivity index (χ3n) is 2.78. The number of aliphatic hydroxyl groups is 1. The molecular weight excluding hydrogens is 248 g/mol. The zero-order chi connectivity index (χ0) is 14.8. The lowest BCUT2D eigenvalue weighted by Gasteiger charge is -2.14. The van der Waals surface area contributed by atoms with Crippen LogP contribution in [-0.2, 0) is 9.59 Å². The molecule has 0 amide bonds. The van der Waals surface area contributed by atoms with Crippen molar-refractivity contribution in [3.8, 4) is 0 Å². The Hall–Kier alpha value is -1.62. The summed E-state index contributed by atoms with van der Waals surface area (Å²) in [6, 6.07) is 0. The average molecular weight is 270 g/mol. The van der Waals surface area contributed by atoms with Crippen LogP contribution in [0.3, 0.4) is 0 Å². The van der Waals surface area contributed by atoms with E-state index in [4.69, 9.17) is 10.2 Å². The lowest BCUT2D eigenvalue weighted by Crippen LogP contribution is -2.20. The van der Waals surface area contributed by atoms with Gasteiger partial charge in [-0.05, 0) is 25.7 Å². The molecule has 0 aliphatic heterocycles. The van der Waals surface area contributed by atoms with E-state index >= 15 is 0 Å². The summed E-state index contributed by atoms with van der Waals surface area (Å²) in [6.45, 7) is 3.65. The van der Waals surface area contributed by atoms with Crippen LogP contribution in [0.1, 0.15) is 39.5 Å². The molecule has 0 rings (SSSR count). The van der Waals surface area contributed by atoms with E-state index in [0.717, 1.165) is 5.57 Å². The Kier molecular flexibility index (Phi) is 8.53. The first-order valence-electron chi connectivity index (χ1n) is 6.25. The predicted octanol–water partition coefficient (Wildman–Crippen LogP) is 2.22. The zero-order valence-corrected chi connectivity index (χ0v) is 11.4. The van der Waals surface area contributed by atoms with Gasteiger partial charge in [-0.2, -0.15) is 0 Å². The van der Waals surface area contributed by atoms with Crippen LogP contribution in [0.4, 0.5) is 0 Å². The van der Waals surface area contributed by atoms with Crippen LogP contribution in [0.5, 0.6) is 0 Å². The first-order chi connectivity index (χ1) is 8.82. The number of hydrogen-bond acceptors (Lipinski definition) is 3. The highest BCUT2D eigenvalue weighted by atomic mass is 16.4. The maximum Gasteiger partial charge on any atom is 0.307 e. The number of hydrogen-bond donors (Lipinski definition) is 3. The van der Waals surface area contributed by atoms with E-state index in [0.29, 0.717) is 12.8 Å². The second kappa shape index (κ2) is 9.33. The minimum absolute atomic E-state index is 0.0212. The Morgan fingerprint density at radius 2 is 1.74 bits per heavy atom. The van der Waals surface area contributed by atoms with Gasteiger partial charge in [0, 0.05) is 0 Å². The number of aliphatic hydroxyl groups excluding tert-OH is 1. The molecule has 0 heterocycles. The Morgan fingerprint density at radius 1 is 1.11 bits per heavy atom. The van der Waals surface area contributed by atoms with Crippen LogP contribution < -0.4 is 0 Å². The normalized spacial score (nSPS) is 15.4. The summed E-state index contributed by atoms with van der Waals surface area (Å²) in [7, 11) is 0. The summed E-state index contributed by atoms with van der Waals surface area (Å²) >= 11 is 0. The predicted molar refractivity (Wildman–Crippen MR) is 71.8 cm³/mol. The molecule has 0 spiro atoms. The van der Waals surface area contributed by atoms with Crippen LogP contribution >= 0.6 is 0 Å². The molecule has 5 nitrogen and oxygen atoms in total. The third kappa shape index (κ3) is 10.0. The Morgan fingerprint density at radius 3 is 2.26 bits per heavy atom. The van der Waals surface area contributed by atoms with E-state index in [2.05, 4.69) is 0 Å². The summed E-state index contributed by atoms with van der Waals surface area (Å²) in [5.41, 5.74) is 0.970. The van der Waals surface area contributed by atoms with Gasteiger partial charge in [-0.3, -0.25) is 9.59 Å². The molecule has 0 saturated carbocycles. The molecule has 2 unspecified atom stereocenters. The molecule has 0 aromatic carbocycles. The fourth-order valence-electron chi connectivity index (χ4n) is 1.46. The lowest BCUT2D eigenvalue weighted by atomic mass is 9.98. The Balaban J connectivity index is 3.99. The molecule has 0 fully saturated rings. The second-order valence-corrected chi connectivity index (χ2v) is 4.70. The molecule has 0 aromatic rings. The summed E-state index contributed by atoms with van der Waals surface area (Å²) in [4.78, 5) is 20.8. The van der Waals surface area contributed by atoms with E-state index in [-0.39, 0.29) is 18.8 Å². The van der Waals surface area contributed by atoms with E-state index in [1.165, 1.54) is 0 Å². The van der Waals surface area contributed by atoms with Gasteiger partial charge in [-0.1, -0.05) is 30.7 Å². The van der Waals surface area contributed by atoms with E-state index in [1.54, 1.807) is 13.0 Å². The third-order valence-corrected chi connectivity index (χ3v) is 2.78. The molecular formula is C14H22O5. The van der Waals surface area contributed by atoms with Gasteiger partial charge in [-0.15, -0.1) is 0 Å². The first-order valence-corrected chi connectivity index (χ1v) is 6.25. The average Bonchev–Trinajstić information content (AvgIpc) is 2.30. The molecule has 0 aliphatic carbocycles. The standard InChI is InChI=1S/C14H22O5/c1-10(7-8-13(16)17)5-3-4-6-11(2)12(15)9-14(18)19/h3-4,7,11-12,15H,5-6,8-9H2,1-2H3,(H,16,17)(H,18,19). The van der Waals surface area contributed by atoms with Crippen LogP contribution in [0.25, 0.3) is 0 Å². The zero-order valence-electron chi connectivity index (χ0n) is 11.4. The van der Waals surface area contributed by atoms with Crippen molar-refractivity contribution in [2.45, 2.75) is 45.6 Å². The van der Waals surface area contributed by atoms with Gasteiger partial charge in [0.15, 0.2) is 0 Å².